The van der Waals surface area contributed by atoms with E-state index in [9.17, 15) is 0 Å². The molecular formula is C40H44ClN9O3Si. The third-order valence-electron chi connectivity index (χ3n) is 10.3. The molecule has 0 radical (unpaired) electrons. The molecule has 1 aliphatic heterocycles. The Morgan fingerprint density at radius 3 is 2.33 bits per heavy atom. The summed E-state index contributed by atoms with van der Waals surface area (Å²) in [6.45, 7) is 12.8. The number of ether oxygens (including phenoxy) is 2. The van der Waals surface area contributed by atoms with Gasteiger partial charge in [0.05, 0.1) is 19.0 Å². The minimum absolute atomic E-state index is 0.0609. The number of halogens is 1. The van der Waals surface area contributed by atoms with Gasteiger partial charge in [-0.1, -0.05) is 107 Å². The fraction of sp³-hybridized carbons (Fsp3) is 0.325. The number of pyridine rings is 1. The maximum Gasteiger partial charge on any atom is 0.261 e. The molecule has 0 amide bonds. The van der Waals surface area contributed by atoms with E-state index in [4.69, 9.17) is 35.6 Å². The normalized spacial score (nSPS) is 14.4. The van der Waals surface area contributed by atoms with E-state index in [2.05, 4.69) is 114 Å². The van der Waals surface area contributed by atoms with Crippen molar-refractivity contribution >= 4 is 58.7 Å². The molecule has 0 aliphatic carbocycles. The second-order valence-corrected chi connectivity index (χ2v) is 20.0. The van der Waals surface area contributed by atoms with Gasteiger partial charge in [-0.05, 0) is 28.3 Å². The number of hydrogen-bond donors (Lipinski definition) is 1. The second-order valence-electron chi connectivity index (χ2n) is 15.4. The number of aryl methyl sites for hydroxylation is 2. The van der Waals surface area contributed by atoms with Crippen molar-refractivity contribution in [1.82, 2.24) is 38.9 Å². The van der Waals surface area contributed by atoms with Crippen molar-refractivity contribution in [3.63, 3.8) is 0 Å². The average Bonchev–Trinajstić information content (AvgIpc) is 3.86. The van der Waals surface area contributed by atoms with E-state index < -0.39 is 8.32 Å². The Bertz CT molecular complexity index is 2400. The van der Waals surface area contributed by atoms with E-state index in [-0.39, 0.29) is 17.1 Å². The minimum atomic E-state index is -2.73. The first-order valence-electron chi connectivity index (χ1n) is 18.2. The topological polar surface area (TPSA) is 118 Å². The Hall–Kier alpha value is -5.24. The third kappa shape index (κ3) is 6.29. The molecule has 6 heterocycles. The molecular weight excluding hydrogens is 718 g/mol. The summed E-state index contributed by atoms with van der Waals surface area (Å²) < 4.78 is 25.4. The Labute approximate surface area is 320 Å². The third-order valence-corrected chi connectivity index (χ3v) is 15.7. The number of fused-ring (bicyclic) bond motifs is 3. The van der Waals surface area contributed by atoms with Gasteiger partial charge in [0.15, 0.2) is 28.5 Å². The maximum absolute atomic E-state index is 7.03. The Balaban J connectivity index is 1.03. The molecule has 7 aromatic rings. The molecule has 14 heteroatoms. The van der Waals surface area contributed by atoms with Crippen LogP contribution >= 0.6 is 11.6 Å². The molecule has 0 unspecified atom stereocenters. The van der Waals surface area contributed by atoms with E-state index in [1.165, 1.54) is 16.1 Å². The number of nitrogens with one attached hydrogen (secondary N) is 1. The highest BCUT2D eigenvalue weighted by Crippen LogP contribution is 2.40. The zero-order valence-electron chi connectivity index (χ0n) is 31.4. The number of anilines is 2. The molecule has 0 spiro atoms. The molecule has 0 bridgehead atoms. The van der Waals surface area contributed by atoms with E-state index in [1.54, 1.807) is 29.3 Å². The molecule has 2 aromatic carbocycles. The number of nitrogens with zero attached hydrogens (tertiary/aromatic N) is 8. The molecule has 0 fully saturated rings. The lowest BCUT2D eigenvalue weighted by Crippen LogP contribution is -2.66. The Kier molecular flexibility index (Phi) is 9.19. The van der Waals surface area contributed by atoms with Gasteiger partial charge in [-0.15, -0.1) is 0 Å². The van der Waals surface area contributed by atoms with Crippen molar-refractivity contribution < 1.29 is 13.9 Å². The molecule has 1 N–H and O–H groups in total. The molecule has 0 atom stereocenters. The van der Waals surface area contributed by atoms with E-state index >= 15 is 0 Å². The standard InChI is InChI=1S/C40H44ClN9O3Si/c1-39(2,3)54(27-14-9-7-10-15-27,28-16-11-8-12-17-28)52-23-22-51-37-34-30(26-44-50(34)21-19-42-37)53-29-25-43-36-35(33(29)41)48(6)38(46-36)45-32-24-31-40(4,5)18-13-20-49(31)47-32/h7-12,14-17,19,21,24-26H,13,18,20,22-23H2,1-6H3,(H,43,45,46,47). The predicted molar refractivity (Wildman–Crippen MR) is 213 cm³/mol. The number of hydrogen-bond acceptors (Lipinski definition) is 9. The van der Waals surface area contributed by atoms with Gasteiger partial charge in [0.1, 0.15) is 17.1 Å². The molecule has 278 valence electrons. The van der Waals surface area contributed by atoms with Crippen molar-refractivity contribution in [3.05, 3.63) is 102 Å². The molecule has 54 heavy (non-hydrogen) atoms. The Morgan fingerprint density at radius 1 is 0.926 bits per heavy atom. The predicted octanol–water partition coefficient (Wildman–Crippen LogP) is 7.42. The fourth-order valence-electron chi connectivity index (χ4n) is 7.68. The van der Waals surface area contributed by atoms with Crippen LogP contribution in [0.5, 0.6) is 17.4 Å². The van der Waals surface area contributed by atoms with Gasteiger partial charge in [0, 0.05) is 43.2 Å². The van der Waals surface area contributed by atoms with E-state index in [1.807, 2.05) is 23.7 Å². The van der Waals surface area contributed by atoms with E-state index in [0.717, 1.165) is 25.2 Å². The number of imidazole rings is 1. The molecule has 5 aromatic heterocycles. The largest absolute Gasteiger partial charge is 0.474 e. The summed E-state index contributed by atoms with van der Waals surface area (Å²) in [6, 6.07) is 23.2. The quantitative estimate of drug-likeness (QED) is 0.106. The van der Waals surface area contributed by atoms with Crippen molar-refractivity contribution in [2.75, 3.05) is 18.5 Å². The Morgan fingerprint density at radius 2 is 1.65 bits per heavy atom. The zero-order chi connectivity index (χ0) is 37.7. The highest BCUT2D eigenvalue weighted by Gasteiger charge is 2.50. The van der Waals surface area contributed by atoms with Crippen LogP contribution in [0.4, 0.5) is 11.8 Å². The number of benzene rings is 2. The summed E-state index contributed by atoms with van der Waals surface area (Å²) in [4.78, 5) is 13.9. The first kappa shape index (κ1) is 35.8. The molecule has 1 aliphatic rings. The minimum Gasteiger partial charge on any atom is -0.474 e. The summed E-state index contributed by atoms with van der Waals surface area (Å²) >= 11 is 7.01. The second kappa shape index (κ2) is 13.9. The SMILES string of the molecule is Cn1c(Nc2cc3n(n2)CCCC3(C)C)nc2ncc(Oc3cnn4ccnc(OCCO[Si](c5ccccc5)(c5ccccc5)C(C)(C)C)c34)c(Cl)c21. The van der Waals surface area contributed by atoms with Gasteiger partial charge in [0.25, 0.3) is 8.32 Å². The summed E-state index contributed by atoms with van der Waals surface area (Å²) in [5.41, 5.74) is 2.92. The fourth-order valence-corrected chi connectivity index (χ4v) is 12.5. The van der Waals surface area contributed by atoms with Gasteiger partial charge in [-0.2, -0.15) is 15.2 Å². The molecule has 8 rings (SSSR count). The van der Waals surface area contributed by atoms with Gasteiger partial charge in [-0.3, -0.25) is 4.68 Å². The van der Waals surface area contributed by atoms with E-state index in [0.29, 0.717) is 51.6 Å². The lowest BCUT2D eigenvalue weighted by atomic mass is 9.82. The lowest BCUT2D eigenvalue weighted by molar-refractivity contribution is 0.204. The summed E-state index contributed by atoms with van der Waals surface area (Å²) in [7, 11) is -0.849. The number of rotatable bonds is 11. The van der Waals surface area contributed by atoms with Crippen LogP contribution < -0.4 is 25.2 Å². The number of aromatic nitrogens is 8. The van der Waals surface area contributed by atoms with Crippen LogP contribution in [-0.2, 0) is 23.4 Å². The summed E-state index contributed by atoms with van der Waals surface area (Å²) in [5, 5.41) is 15.3. The maximum atomic E-state index is 7.03. The van der Waals surface area contributed by atoms with Crippen LogP contribution in [0, 0.1) is 0 Å². The summed E-state index contributed by atoms with van der Waals surface area (Å²) in [5.74, 6) is 2.42. The lowest BCUT2D eigenvalue weighted by Gasteiger charge is -2.43. The van der Waals surface area contributed by atoms with Gasteiger partial charge in [0.2, 0.25) is 11.8 Å². The van der Waals surface area contributed by atoms with Crippen LogP contribution in [0.2, 0.25) is 10.1 Å². The smallest absolute Gasteiger partial charge is 0.261 e. The van der Waals surface area contributed by atoms with Gasteiger partial charge < -0.3 is 23.8 Å². The average molecular weight is 762 g/mol. The van der Waals surface area contributed by atoms with Gasteiger partial charge in [-0.25, -0.2) is 14.5 Å². The first-order valence-corrected chi connectivity index (χ1v) is 20.5. The summed E-state index contributed by atoms with van der Waals surface area (Å²) in [6.07, 6.45) is 8.79. The van der Waals surface area contributed by atoms with Crippen LogP contribution in [-0.4, -0.2) is 60.4 Å². The monoisotopic (exact) mass is 761 g/mol. The highest BCUT2D eigenvalue weighted by atomic mass is 35.5. The van der Waals surface area contributed by atoms with Crippen LogP contribution in [0.25, 0.3) is 16.7 Å². The highest BCUT2D eigenvalue weighted by molar-refractivity contribution is 6.99. The van der Waals surface area contributed by atoms with Gasteiger partial charge >= 0.3 is 0 Å². The molecule has 12 nitrogen and oxygen atoms in total. The van der Waals surface area contributed by atoms with Crippen molar-refractivity contribution in [2.45, 2.75) is 64.5 Å². The van der Waals surface area contributed by atoms with Crippen molar-refractivity contribution in [3.8, 4) is 17.4 Å². The zero-order valence-corrected chi connectivity index (χ0v) is 33.1. The molecule has 0 saturated heterocycles. The molecule has 0 saturated carbocycles. The van der Waals surface area contributed by atoms with Crippen molar-refractivity contribution in [2.24, 2.45) is 7.05 Å². The van der Waals surface area contributed by atoms with Crippen LogP contribution in [0.1, 0.15) is 53.2 Å². The van der Waals surface area contributed by atoms with Crippen LogP contribution in [0.15, 0.2) is 91.5 Å². The van der Waals surface area contributed by atoms with Crippen LogP contribution in [0.3, 0.4) is 0 Å². The first-order chi connectivity index (χ1) is 26.0. The van der Waals surface area contributed by atoms with Crippen molar-refractivity contribution in [1.29, 1.82) is 0 Å².